The number of benzene rings is 2. The summed E-state index contributed by atoms with van der Waals surface area (Å²) in [5.41, 5.74) is 2.89. The van der Waals surface area contributed by atoms with Crippen LogP contribution in [0.4, 0.5) is 15.8 Å². The summed E-state index contributed by atoms with van der Waals surface area (Å²) in [6, 6.07) is 14.3. The smallest absolute Gasteiger partial charge is 0.238 e. The van der Waals surface area contributed by atoms with E-state index in [1.54, 1.807) is 28.8 Å². The van der Waals surface area contributed by atoms with Crippen molar-refractivity contribution in [2.24, 2.45) is 0 Å². The average Bonchev–Trinajstić information content (AvgIpc) is 2.90. The standard InChI is InChI=1S/C17H17FN2OS/c1-19(2)14-7-9-15(10-8-14)20-16(21)11-22-17(20)12-3-5-13(18)6-4-12/h3-10,17H,11H2,1-2H3. The van der Waals surface area contributed by atoms with Gasteiger partial charge in [0.2, 0.25) is 5.91 Å². The van der Waals surface area contributed by atoms with Crippen LogP contribution in [0.3, 0.4) is 0 Å². The first-order chi connectivity index (χ1) is 10.6. The largest absolute Gasteiger partial charge is 0.378 e. The Kier molecular flexibility index (Phi) is 4.07. The molecule has 1 saturated heterocycles. The van der Waals surface area contributed by atoms with Crippen LogP contribution in [0.15, 0.2) is 48.5 Å². The van der Waals surface area contributed by atoms with Gasteiger partial charge in [-0.15, -0.1) is 11.8 Å². The van der Waals surface area contributed by atoms with E-state index in [9.17, 15) is 9.18 Å². The minimum absolute atomic E-state index is 0.0805. The molecule has 22 heavy (non-hydrogen) atoms. The number of thioether (sulfide) groups is 1. The van der Waals surface area contributed by atoms with Gasteiger partial charge in [-0.05, 0) is 42.0 Å². The van der Waals surface area contributed by atoms with Crippen molar-refractivity contribution in [3.63, 3.8) is 0 Å². The highest BCUT2D eigenvalue weighted by Crippen LogP contribution is 2.41. The number of anilines is 2. The van der Waals surface area contributed by atoms with Gasteiger partial charge in [-0.2, -0.15) is 0 Å². The van der Waals surface area contributed by atoms with Gasteiger partial charge >= 0.3 is 0 Å². The second-order valence-corrected chi connectivity index (χ2v) is 6.46. The molecule has 1 unspecified atom stereocenters. The Morgan fingerprint density at radius 3 is 2.32 bits per heavy atom. The quantitative estimate of drug-likeness (QED) is 0.863. The fourth-order valence-electron chi connectivity index (χ4n) is 2.49. The molecular formula is C17H17FN2OS. The fraction of sp³-hybridized carbons (Fsp3) is 0.235. The Hall–Kier alpha value is -2.01. The number of nitrogens with zero attached hydrogens (tertiary/aromatic N) is 2. The summed E-state index contributed by atoms with van der Waals surface area (Å²) >= 11 is 1.57. The molecule has 1 heterocycles. The zero-order valence-corrected chi connectivity index (χ0v) is 13.3. The zero-order chi connectivity index (χ0) is 15.7. The van der Waals surface area contributed by atoms with Crippen molar-refractivity contribution < 1.29 is 9.18 Å². The molecule has 1 atom stereocenters. The fourth-order valence-corrected chi connectivity index (χ4v) is 3.67. The molecule has 0 aliphatic carbocycles. The Labute approximate surface area is 133 Å². The monoisotopic (exact) mass is 316 g/mol. The Morgan fingerprint density at radius 2 is 1.73 bits per heavy atom. The van der Waals surface area contributed by atoms with Gasteiger partial charge in [0.25, 0.3) is 0 Å². The van der Waals surface area contributed by atoms with E-state index in [1.807, 2.05) is 43.3 Å². The maximum absolute atomic E-state index is 13.1. The molecule has 1 aliphatic heterocycles. The van der Waals surface area contributed by atoms with E-state index in [4.69, 9.17) is 0 Å². The van der Waals surface area contributed by atoms with Crippen molar-refractivity contribution in [2.45, 2.75) is 5.37 Å². The Morgan fingerprint density at radius 1 is 1.09 bits per heavy atom. The molecule has 0 saturated carbocycles. The molecular weight excluding hydrogens is 299 g/mol. The van der Waals surface area contributed by atoms with Crippen molar-refractivity contribution in [3.05, 3.63) is 59.9 Å². The summed E-state index contributed by atoms with van der Waals surface area (Å²) in [6.45, 7) is 0. The van der Waals surface area contributed by atoms with Crippen LogP contribution in [-0.4, -0.2) is 25.8 Å². The van der Waals surface area contributed by atoms with Crippen LogP contribution >= 0.6 is 11.8 Å². The number of amides is 1. The first-order valence-corrected chi connectivity index (χ1v) is 8.07. The molecule has 3 nitrogen and oxygen atoms in total. The number of hydrogen-bond donors (Lipinski definition) is 0. The molecule has 2 aromatic rings. The molecule has 3 rings (SSSR count). The topological polar surface area (TPSA) is 23.6 Å². The van der Waals surface area contributed by atoms with Gasteiger partial charge in [-0.25, -0.2) is 4.39 Å². The maximum atomic E-state index is 13.1. The number of rotatable bonds is 3. The second-order valence-electron chi connectivity index (χ2n) is 5.39. The third kappa shape index (κ3) is 2.81. The normalized spacial score (nSPS) is 17.9. The predicted octanol–water partition coefficient (Wildman–Crippen LogP) is 3.67. The van der Waals surface area contributed by atoms with Crippen LogP contribution in [0.25, 0.3) is 0 Å². The lowest BCUT2D eigenvalue weighted by atomic mass is 10.1. The summed E-state index contributed by atoms with van der Waals surface area (Å²) in [6.07, 6.45) is 0. The lowest BCUT2D eigenvalue weighted by Gasteiger charge is -2.25. The summed E-state index contributed by atoms with van der Waals surface area (Å²) in [4.78, 5) is 16.1. The molecule has 0 spiro atoms. The third-order valence-corrected chi connectivity index (χ3v) is 4.88. The summed E-state index contributed by atoms with van der Waals surface area (Å²) in [7, 11) is 3.96. The van der Waals surface area contributed by atoms with Gasteiger partial charge in [-0.1, -0.05) is 12.1 Å². The van der Waals surface area contributed by atoms with E-state index < -0.39 is 0 Å². The number of carbonyl (C=O) groups excluding carboxylic acids is 1. The van der Waals surface area contributed by atoms with E-state index in [2.05, 4.69) is 0 Å². The molecule has 0 aromatic heterocycles. The van der Waals surface area contributed by atoms with E-state index in [-0.39, 0.29) is 17.1 Å². The average molecular weight is 316 g/mol. The van der Waals surface area contributed by atoms with E-state index in [0.29, 0.717) is 5.75 Å². The highest BCUT2D eigenvalue weighted by molar-refractivity contribution is 8.00. The highest BCUT2D eigenvalue weighted by Gasteiger charge is 2.33. The highest BCUT2D eigenvalue weighted by atomic mass is 32.2. The van der Waals surface area contributed by atoms with Crippen LogP contribution in [0.5, 0.6) is 0 Å². The van der Waals surface area contributed by atoms with Crippen LogP contribution < -0.4 is 9.80 Å². The summed E-state index contributed by atoms with van der Waals surface area (Å²) < 4.78 is 13.1. The minimum atomic E-state index is -0.264. The van der Waals surface area contributed by atoms with Crippen molar-refractivity contribution in [1.82, 2.24) is 0 Å². The van der Waals surface area contributed by atoms with Gasteiger partial charge in [0.1, 0.15) is 11.2 Å². The van der Waals surface area contributed by atoms with Crippen molar-refractivity contribution in [2.75, 3.05) is 29.6 Å². The Balaban J connectivity index is 1.92. The first kappa shape index (κ1) is 14.9. The van der Waals surface area contributed by atoms with Crippen molar-refractivity contribution in [3.8, 4) is 0 Å². The van der Waals surface area contributed by atoms with Crippen LogP contribution in [-0.2, 0) is 4.79 Å². The summed E-state index contributed by atoms with van der Waals surface area (Å²) in [5, 5.41) is -0.0988. The van der Waals surface area contributed by atoms with Crippen molar-refractivity contribution >= 4 is 29.0 Å². The van der Waals surface area contributed by atoms with Crippen LogP contribution in [0, 0.1) is 5.82 Å². The second kappa shape index (κ2) is 6.01. The lowest BCUT2D eigenvalue weighted by molar-refractivity contribution is -0.115. The molecule has 0 N–H and O–H groups in total. The minimum Gasteiger partial charge on any atom is -0.378 e. The van der Waals surface area contributed by atoms with Gasteiger partial charge in [0, 0.05) is 25.5 Å². The SMILES string of the molecule is CN(C)c1ccc(N2C(=O)CSC2c2ccc(F)cc2)cc1. The molecule has 1 amide bonds. The molecule has 114 valence electrons. The van der Waals surface area contributed by atoms with Crippen LogP contribution in [0.1, 0.15) is 10.9 Å². The summed E-state index contributed by atoms with van der Waals surface area (Å²) in [5.74, 6) is 0.259. The number of halogens is 1. The zero-order valence-electron chi connectivity index (χ0n) is 12.5. The van der Waals surface area contributed by atoms with Crippen LogP contribution in [0.2, 0.25) is 0 Å². The molecule has 1 aliphatic rings. The predicted molar refractivity (Wildman–Crippen MR) is 89.9 cm³/mol. The molecule has 2 aromatic carbocycles. The number of hydrogen-bond acceptors (Lipinski definition) is 3. The molecule has 0 bridgehead atoms. The Bertz CT molecular complexity index is 670. The maximum Gasteiger partial charge on any atom is 0.238 e. The third-order valence-electron chi connectivity index (χ3n) is 3.67. The van der Waals surface area contributed by atoms with E-state index >= 15 is 0 Å². The van der Waals surface area contributed by atoms with Gasteiger partial charge in [0.05, 0.1) is 5.75 Å². The van der Waals surface area contributed by atoms with E-state index in [0.717, 1.165) is 16.9 Å². The van der Waals surface area contributed by atoms with Gasteiger partial charge in [-0.3, -0.25) is 9.69 Å². The lowest BCUT2D eigenvalue weighted by Crippen LogP contribution is -2.27. The molecule has 1 fully saturated rings. The van der Waals surface area contributed by atoms with Crippen molar-refractivity contribution in [1.29, 1.82) is 0 Å². The van der Waals surface area contributed by atoms with Gasteiger partial charge in [0.15, 0.2) is 0 Å². The molecule has 5 heteroatoms. The first-order valence-electron chi connectivity index (χ1n) is 7.03. The number of carbonyl (C=O) groups is 1. The van der Waals surface area contributed by atoms with E-state index in [1.165, 1.54) is 12.1 Å². The molecule has 0 radical (unpaired) electrons. The van der Waals surface area contributed by atoms with Gasteiger partial charge < -0.3 is 4.90 Å².